The number of hydrogen-bond acceptors (Lipinski definition) is 4. The average Bonchev–Trinajstić information content (AvgIpc) is 0.686. The van der Waals surface area contributed by atoms with E-state index in [2.05, 4.69) is 287 Å². The van der Waals surface area contributed by atoms with Crippen LogP contribution in [0.2, 0.25) is 0 Å². The quantitative estimate of drug-likeness (QED) is 0.0749. The minimum Gasteiger partial charge on any atom is -0.334 e. The van der Waals surface area contributed by atoms with Gasteiger partial charge in [-0.15, -0.1) is 0 Å². The van der Waals surface area contributed by atoms with Crippen LogP contribution in [0.15, 0.2) is 320 Å². The molecule has 0 saturated heterocycles. The van der Waals surface area contributed by atoms with E-state index in [-0.39, 0.29) is 66.4 Å². The molecule has 18 rings (SSSR count). The second-order valence-electron chi connectivity index (χ2n) is 29.4. The molecular weight excluding hydrogens is 1220 g/mol. The zero-order valence-electron chi connectivity index (χ0n) is 63.0. The maximum absolute atomic E-state index is 10.2. The number of rotatable bonds is 15. The molecule has 101 heavy (non-hydrogen) atoms. The van der Waals surface area contributed by atoms with Crippen LogP contribution < -0.4 is 36.0 Å². The van der Waals surface area contributed by atoms with Gasteiger partial charge in [-0.2, -0.15) is 0 Å². The maximum atomic E-state index is 10.2. The smallest absolute Gasteiger partial charge is 0.252 e. The summed E-state index contributed by atoms with van der Waals surface area (Å²) in [7, 11) is 0. The first-order chi connectivity index (χ1) is 52.3. The lowest BCUT2D eigenvalue weighted by atomic mass is 9.33. The van der Waals surface area contributed by atoms with E-state index in [1.54, 1.807) is 11.1 Å². The zero-order chi connectivity index (χ0) is 71.4. The van der Waals surface area contributed by atoms with E-state index in [9.17, 15) is 5.48 Å². The van der Waals surface area contributed by atoms with Gasteiger partial charge in [0.15, 0.2) is 0 Å². The van der Waals surface area contributed by atoms with Crippen molar-refractivity contribution in [2.75, 3.05) is 19.6 Å². The van der Waals surface area contributed by atoms with Gasteiger partial charge in [-0.1, -0.05) is 236 Å². The Bertz CT molecular complexity index is 4870. The number of nitrogens with zero attached hydrogens (tertiary/aromatic N) is 4. The number of para-hydroxylation sites is 4. The molecular formula is C96H91BN4. The highest BCUT2D eigenvalue weighted by Gasteiger charge is 2.51. The first kappa shape index (κ1) is 57.6. The molecule has 10 aromatic rings. The fraction of sp³-hybridized carbons (Fsp3) is 0.250. The summed E-state index contributed by atoms with van der Waals surface area (Å²) in [5, 5.41) is 0. The van der Waals surface area contributed by atoms with Gasteiger partial charge in [-0.3, -0.25) is 0 Å². The highest BCUT2D eigenvalue weighted by Crippen LogP contribution is 2.55. The van der Waals surface area contributed by atoms with Gasteiger partial charge in [-0.05, 0) is 250 Å². The van der Waals surface area contributed by atoms with Crippen LogP contribution >= 0.6 is 0 Å². The highest BCUT2D eigenvalue weighted by atomic mass is 15.2. The molecule has 0 saturated carbocycles. The summed E-state index contributed by atoms with van der Waals surface area (Å²) in [6.07, 6.45) is 39.3. The van der Waals surface area contributed by atoms with Crippen LogP contribution in [0, 0.1) is 23.7 Å². The summed E-state index contributed by atoms with van der Waals surface area (Å²) in [5.74, 6) is 0.972. The van der Waals surface area contributed by atoms with E-state index in [1.807, 2.05) is 0 Å². The minimum atomic E-state index is -0.387. The number of fused-ring (bicyclic) bond motifs is 4. The second-order valence-corrected chi connectivity index (χ2v) is 29.4. The van der Waals surface area contributed by atoms with Crippen molar-refractivity contribution in [1.82, 2.24) is 0 Å². The van der Waals surface area contributed by atoms with E-state index >= 15 is 0 Å². The molecule has 6 atom stereocenters. The van der Waals surface area contributed by atoms with Crippen LogP contribution in [0.5, 0.6) is 0 Å². The monoisotopic (exact) mass is 1320 g/mol. The van der Waals surface area contributed by atoms with Crippen LogP contribution in [-0.2, 0) is 0 Å². The lowest BCUT2D eigenvalue weighted by Gasteiger charge is -2.53. The Morgan fingerprint density at radius 3 is 1.24 bits per heavy atom. The number of anilines is 10. The Labute approximate surface area is 607 Å². The summed E-state index contributed by atoms with van der Waals surface area (Å²) in [6.45, 7) is -0.315. The molecule has 10 aromatic carbocycles. The third kappa shape index (κ3) is 11.9. The molecule has 2 aliphatic heterocycles. The second kappa shape index (κ2) is 28.1. The molecule has 498 valence electrons. The third-order valence-electron chi connectivity index (χ3n) is 23.7. The van der Waals surface area contributed by atoms with E-state index in [1.165, 1.54) is 40.4 Å². The van der Waals surface area contributed by atoms with Crippen molar-refractivity contribution in [1.29, 1.82) is 0 Å². The molecule has 0 aromatic heterocycles. The van der Waals surface area contributed by atoms with Gasteiger partial charge in [0.1, 0.15) is 0 Å². The van der Waals surface area contributed by atoms with Gasteiger partial charge >= 0.3 is 0 Å². The highest BCUT2D eigenvalue weighted by molar-refractivity contribution is 7.00. The predicted octanol–water partition coefficient (Wildman–Crippen LogP) is 24.2. The van der Waals surface area contributed by atoms with Gasteiger partial charge in [-0.25, -0.2) is 0 Å². The Morgan fingerprint density at radius 1 is 0.356 bits per heavy atom. The van der Waals surface area contributed by atoms with Crippen molar-refractivity contribution in [3.8, 4) is 33.4 Å². The third-order valence-corrected chi connectivity index (χ3v) is 23.7. The van der Waals surface area contributed by atoms with Gasteiger partial charge in [0.2, 0.25) is 0 Å². The van der Waals surface area contributed by atoms with Crippen LogP contribution in [0.25, 0.3) is 33.4 Å². The number of hydrogen-bond donors (Lipinski definition) is 0. The molecule has 0 bridgehead atoms. The summed E-state index contributed by atoms with van der Waals surface area (Å²) in [4.78, 5) is 10.6. The molecule has 6 unspecified atom stereocenters. The van der Waals surface area contributed by atoms with E-state index in [4.69, 9.17) is 1.37 Å². The number of allylic oxidation sites excluding steroid dienone is 8. The summed E-state index contributed by atoms with van der Waals surface area (Å²) in [5.41, 5.74) is 25.9. The van der Waals surface area contributed by atoms with Crippen molar-refractivity contribution in [3.63, 3.8) is 0 Å². The molecule has 0 N–H and O–H groups in total. The fourth-order valence-electron chi connectivity index (χ4n) is 19.2. The predicted molar refractivity (Wildman–Crippen MR) is 429 cm³/mol. The normalized spacial score (nSPS) is 22.1. The molecule has 0 radical (unpaired) electrons. The Hall–Kier alpha value is -10.1. The van der Waals surface area contributed by atoms with Crippen LogP contribution in [0.4, 0.5) is 56.9 Å². The first-order valence-electron chi connectivity index (χ1n) is 40.4. The Kier molecular flexibility index (Phi) is 16.1. The molecule has 0 fully saturated rings. The summed E-state index contributed by atoms with van der Waals surface area (Å²) >= 11 is 0. The van der Waals surface area contributed by atoms with Crippen molar-refractivity contribution in [2.24, 2.45) is 23.7 Å². The van der Waals surface area contributed by atoms with Crippen molar-refractivity contribution < 1.29 is 6.85 Å². The largest absolute Gasteiger partial charge is 0.334 e. The Balaban J connectivity index is 0.985. The van der Waals surface area contributed by atoms with Gasteiger partial charge in [0.25, 0.3) is 6.71 Å². The van der Waals surface area contributed by atoms with E-state index < -0.39 is 0 Å². The molecule has 2 heterocycles. The zero-order valence-corrected chi connectivity index (χ0v) is 58.0. The number of benzene rings is 10. The van der Waals surface area contributed by atoms with Crippen molar-refractivity contribution >= 4 is 80.0 Å². The lowest BCUT2D eigenvalue weighted by molar-refractivity contribution is 0.391. The standard InChI is InChI=1S/C96H91BN4/c1-10-34-68(35-11-1)75-64-92-94-93(65-75)101(96-84(73-44-20-6-21-45-73)56-33-57-85(96)74-46-22-7-23-47-74)91-67-79(99(77-50-26-9-27-51-77)89-59-31-29-53-81(89)70-38-14-3-15-39-70)61-63-87(91)97(94)86-62-60-78(98(76-48-24-8-25-49-76)88-58-30-28-52-80(88)69-36-12-2-13-37-69)66-90(86)100(92)95-82(71-40-16-4-17-41-71)54-32-55-83(95)72-42-18-5-19-43-72/h1-4,6,8-16,20,24-31,34-39,42,46,48-54,56,58-67,71,73,83,85,95-96H,5,7,17-19,21-23,32-33,40-41,43-45,47,55,57H2/i1D,10D,11D,34D,35D. The summed E-state index contributed by atoms with van der Waals surface area (Å²) < 4.78 is 48.6. The minimum absolute atomic E-state index is 0.119. The topological polar surface area (TPSA) is 13.0 Å². The molecule has 0 spiro atoms. The molecule has 6 aliphatic carbocycles. The SMILES string of the molecule is [2H]c1c([2H])c([2H])c(-c2cc3c4c(c2)N(C2C(C5CC=CCC5)=CCCC2C2=CCCCC2)c2cc(N(c5ccccc5)c5ccccc5-c5ccccc5)ccc2B4c2ccc(N(c4ccccc4)c4ccccc4-c4ccccc4)cc2N3C2C(C3CC=CCC3)=CCCC2C2=CCCCC2)c([2H])c1[2H]. The van der Waals surface area contributed by atoms with Crippen molar-refractivity contribution in [3.05, 3.63) is 320 Å². The lowest BCUT2D eigenvalue weighted by Crippen LogP contribution is -2.65. The van der Waals surface area contributed by atoms with Crippen LogP contribution in [0.3, 0.4) is 0 Å². The van der Waals surface area contributed by atoms with E-state index in [0.717, 1.165) is 182 Å². The van der Waals surface area contributed by atoms with Crippen molar-refractivity contribution in [2.45, 2.75) is 128 Å². The maximum Gasteiger partial charge on any atom is 0.252 e. The summed E-state index contributed by atoms with van der Waals surface area (Å²) in [6, 6.07) is 79.0. The average molecular weight is 1320 g/mol. The molecule has 8 aliphatic rings. The Morgan fingerprint density at radius 2 is 0.802 bits per heavy atom. The molecule has 4 nitrogen and oxygen atoms in total. The molecule has 5 heteroatoms. The fourth-order valence-corrected chi connectivity index (χ4v) is 19.2. The van der Waals surface area contributed by atoms with Gasteiger partial charge in [0, 0.05) is 68.5 Å². The van der Waals surface area contributed by atoms with Crippen LogP contribution in [0.1, 0.15) is 122 Å². The first-order valence-corrected chi connectivity index (χ1v) is 37.9. The van der Waals surface area contributed by atoms with Gasteiger partial charge in [0.05, 0.1) is 30.3 Å². The van der Waals surface area contributed by atoms with Crippen LogP contribution in [-0.4, -0.2) is 18.8 Å². The molecule has 0 amide bonds. The van der Waals surface area contributed by atoms with E-state index in [0.29, 0.717) is 17.4 Å². The van der Waals surface area contributed by atoms with Gasteiger partial charge < -0.3 is 19.6 Å².